The van der Waals surface area contributed by atoms with Crippen molar-refractivity contribution >= 4 is 17.4 Å². The first-order valence-corrected chi connectivity index (χ1v) is 12.7. The number of benzene rings is 2. The molecule has 188 valence electrons. The van der Waals surface area contributed by atoms with E-state index in [1.54, 1.807) is 4.90 Å². The molecule has 1 aliphatic rings. The van der Waals surface area contributed by atoms with E-state index in [-0.39, 0.29) is 16.7 Å². The molecule has 1 unspecified atom stereocenters. The zero-order valence-corrected chi connectivity index (χ0v) is 22.3. The van der Waals surface area contributed by atoms with Crippen molar-refractivity contribution in [3.05, 3.63) is 75.9 Å². The maximum Gasteiger partial charge on any atom is 0.295 e. The summed E-state index contributed by atoms with van der Waals surface area (Å²) in [5.41, 5.74) is 4.63. The van der Waals surface area contributed by atoms with Crippen LogP contribution in [0, 0.1) is 13.8 Å². The van der Waals surface area contributed by atoms with Crippen LogP contribution in [0.25, 0.3) is 5.76 Å². The Morgan fingerprint density at radius 3 is 2.20 bits per heavy atom. The van der Waals surface area contributed by atoms with E-state index in [9.17, 15) is 14.7 Å². The minimum atomic E-state index is -0.615. The summed E-state index contributed by atoms with van der Waals surface area (Å²) in [7, 11) is 0. The quantitative estimate of drug-likeness (QED) is 0.299. The fourth-order valence-electron chi connectivity index (χ4n) is 4.76. The van der Waals surface area contributed by atoms with Crippen LogP contribution >= 0.6 is 0 Å². The van der Waals surface area contributed by atoms with E-state index in [2.05, 4.69) is 51.7 Å². The Balaban J connectivity index is 2.09. The number of carbonyl (C=O) groups is 2. The third-order valence-electron chi connectivity index (χ3n) is 7.05. The Kier molecular flexibility index (Phi) is 8.22. The van der Waals surface area contributed by atoms with Gasteiger partial charge in [0.25, 0.3) is 11.7 Å². The molecule has 0 radical (unpaired) electrons. The lowest BCUT2D eigenvalue weighted by Crippen LogP contribution is -2.33. The van der Waals surface area contributed by atoms with Gasteiger partial charge in [0.2, 0.25) is 0 Å². The molecule has 1 heterocycles. The SMILES string of the molecule is CCN(CC)CCCN1C(=O)C(=O)C(=C(O)c2cc(C)ccc2C)C1c1ccc(C(C)(C)C)cc1. The molecule has 1 N–H and O–H groups in total. The van der Waals surface area contributed by atoms with Gasteiger partial charge in [0.1, 0.15) is 5.76 Å². The average molecular weight is 477 g/mol. The van der Waals surface area contributed by atoms with Crippen LogP contribution in [0.1, 0.15) is 74.9 Å². The van der Waals surface area contributed by atoms with Crippen molar-refractivity contribution in [1.82, 2.24) is 9.80 Å². The molecular weight excluding hydrogens is 436 g/mol. The fraction of sp³-hybridized carbons (Fsp3) is 0.467. The summed E-state index contributed by atoms with van der Waals surface area (Å²) in [6.07, 6.45) is 0.759. The number of hydrogen-bond acceptors (Lipinski definition) is 4. The van der Waals surface area contributed by atoms with Crippen molar-refractivity contribution in [1.29, 1.82) is 0 Å². The molecule has 5 heteroatoms. The van der Waals surface area contributed by atoms with Crippen molar-refractivity contribution in [3.63, 3.8) is 0 Å². The number of aliphatic hydroxyl groups excluding tert-OH is 1. The number of likely N-dealkylation sites (tertiary alicyclic amines) is 1. The number of rotatable bonds is 8. The molecule has 2 aromatic rings. The van der Waals surface area contributed by atoms with Gasteiger partial charge in [-0.3, -0.25) is 9.59 Å². The van der Waals surface area contributed by atoms with Gasteiger partial charge in [0.05, 0.1) is 11.6 Å². The second kappa shape index (κ2) is 10.8. The number of ketones is 1. The standard InChI is InChI=1S/C30H40N2O3/c1-8-31(9-2)17-10-18-32-26(22-13-15-23(16-14-22)30(5,6)7)25(28(34)29(32)35)27(33)24-19-20(3)11-12-21(24)4/h11-16,19,26,33H,8-10,17-18H2,1-7H3. The highest BCUT2D eigenvalue weighted by Gasteiger charge is 2.46. The summed E-state index contributed by atoms with van der Waals surface area (Å²) in [5.74, 6) is -1.25. The number of nitrogens with zero attached hydrogens (tertiary/aromatic N) is 2. The summed E-state index contributed by atoms with van der Waals surface area (Å²) in [5, 5.41) is 11.4. The number of carbonyl (C=O) groups excluding carboxylic acids is 2. The topological polar surface area (TPSA) is 60.9 Å². The van der Waals surface area contributed by atoms with Gasteiger partial charge < -0.3 is 14.9 Å². The molecule has 0 spiro atoms. The van der Waals surface area contributed by atoms with Crippen LogP contribution in [0.15, 0.2) is 48.0 Å². The number of Topliss-reactive ketones (excluding diaryl/α,β-unsaturated/α-hetero) is 1. The van der Waals surface area contributed by atoms with E-state index in [1.165, 1.54) is 5.56 Å². The Bertz CT molecular complexity index is 1110. The highest BCUT2D eigenvalue weighted by atomic mass is 16.3. The average Bonchev–Trinajstić information content (AvgIpc) is 3.07. The Morgan fingerprint density at radius 1 is 1.00 bits per heavy atom. The maximum atomic E-state index is 13.3. The Hall–Kier alpha value is -2.92. The molecule has 0 aliphatic carbocycles. The first-order valence-electron chi connectivity index (χ1n) is 12.7. The number of amides is 1. The van der Waals surface area contributed by atoms with Crippen LogP contribution in [-0.4, -0.2) is 52.8 Å². The first-order chi connectivity index (χ1) is 16.5. The number of aliphatic hydroxyl groups is 1. The second-order valence-electron chi connectivity index (χ2n) is 10.6. The van der Waals surface area contributed by atoms with Crippen molar-refractivity contribution in [2.45, 2.75) is 66.3 Å². The third kappa shape index (κ3) is 5.67. The zero-order chi connectivity index (χ0) is 25.9. The predicted octanol–water partition coefficient (Wildman–Crippen LogP) is 5.75. The molecule has 2 aromatic carbocycles. The Morgan fingerprint density at radius 2 is 1.63 bits per heavy atom. The fourth-order valence-corrected chi connectivity index (χ4v) is 4.76. The van der Waals surface area contributed by atoms with E-state index in [0.717, 1.165) is 42.7 Å². The van der Waals surface area contributed by atoms with E-state index in [4.69, 9.17) is 0 Å². The van der Waals surface area contributed by atoms with Crippen LogP contribution in [0.2, 0.25) is 0 Å². The summed E-state index contributed by atoms with van der Waals surface area (Å²) in [6.45, 7) is 17.8. The van der Waals surface area contributed by atoms with Crippen LogP contribution in [-0.2, 0) is 15.0 Å². The van der Waals surface area contributed by atoms with Gasteiger partial charge >= 0.3 is 0 Å². The highest BCUT2D eigenvalue weighted by molar-refractivity contribution is 6.46. The van der Waals surface area contributed by atoms with Crippen molar-refractivity contribution < 1.29 is 14.7 Å². The molecule has 1 amide bonds. The van der Waals surface area contributed by atoms with E-state index >= 15 is 0 Å². The number of hydrogen-bond donors (Lipinski definition) is 1. The molecule has 3 rings (SSSR count). The molecule has 0 bridgehead atoms. The minimum Gasteiger partial charge on any atom is -0.507 e. The molecule has 1 saturated heterocycles. The monoisotopic (exact) mass is 476 g/mol. The van der Waals surface area contributed by atoms with Crippen molar-refractivity contribution in [2.75, 3.05) is 26.2 Å². The normalized spacial score (nSPS) is 18.1. The molecular formula is C30H40N2O3. The van der Waals surface area contributed by atoms with Crippen LogP contribution in [0.3, 0.4) is 0 Å². The Labute approximate surface area is 210 Å². The summed E-state index contributed by atoms with van der Waals surface area (Å²) in [6, 6.07) is 13.3. The van der Waals surface area contributed by atoms with E-state index < -0.39 is 17.7 Å². The lowest BCUT2D eigenvalue weighted by molar-refractivity contribution is -0.140. The van der Waals surface area contributed by atoms with Crippen LogP contribution in [0.5, 0.6) is 0 Å². The van der Waals surface area contributed by atoms with Gasteiger partial charge in [-0.1, -0.05) is 76.6 Å². The predicted molar refractivity (Wildman–Crippen MR) is 142 cm³/mol. The van der Waals surface area contributed by atoms with Gasteiger partial charge in [-0.2, -0.15) is 0 Å². The lowest BCUT2D eigenvalue weighted by Gasteiger charge is -2.27. The molecule has 5 nitrogen and oxygen atoms in total. The second-order valence-corrected chi connectivity index (χ2v) is 10.6. The molecule has 1 fully saturated rings. The summed E-state index contributed by atoms with van der Waals surface area (Å²) < 4.78 is 0. The van der Waals surface area contributed by atoms with E-state index in [1.807, 2.05) is 44.2 Å². The zero-order valence-electron chi connectivity index (χ0n) is 22.3. The van der Waals surface area contributed by atoms with Gasteiger partial charge in [-0.25, -0.2) is 0 Å². The summed E-state index contributed by atoms with van der Waals surface area (Å²) >= 11 is 0. The van der Waals surface area contributed by atoms with Gasteiger partial charge in [-0.05, 0) is 68.1 Å². The van der Waals surface area contributed by atoms with E-state index in [0.29, 0.717) is 12.1 Å². The van der Waals surface area contributed by atoms with Gasteiger partial charge in [-0.15, -0.1) is 0 Å². The molecule has 0 aromatic heterocycles. The van der Waals surface area contributed by atoms with Gasteiger partial charge in [0.15, 0.2) is 0 Å². The molecule has 1 aliphatic heterocycles. The lowest BCUT2D eigenvalue weighted by atomic mass is 9.85. The first kappa shape index (κ1) is 26.7. The number of aryl methyl sites for hydroxylation is 2. The molecule has 35 heavy (non-hydrogen) atoms. The maximum absolute atomic E-state index is 13.3. The van der Waals surface area contributed by atoms with Crippen LogP contribution in [0.4, 0.5) is 0 Å². The van der Waals surface area contributed by atoms with Gasteiger partial charge in [0, 0.05) is 12.1 Å². The third-order valence-corrected chi connectivity index (χ3v) is 7.05. The van der Waals surface area contributed by atoms with Crippen LogP contribution < -0.4 is 0 Å². The van der Waals surface area contributed by atoms with Crippen molar-refractivity contribution in [2.24, 2.45) is 0 Å². The smallest absolute Gasteiger partial charge is 0.295 e. The summed E-state index contributed by atoms with van der Waals surface area (Å²) in [4.78, 5) is 30.5. The van der Waals surface area contributed by atoms with Crippen molar-refractivity contribution in [3.8, 4) is 0 Å². The largest absolute Gasteiger partial charge is 0.507 e. The molecule has 0 saturated carbocycles. The molecule has 1 atom stereocenters. The highest BCUT2D eigenvalue weighted by Crippen LogP contribution is 2.40. The minimum absolute atomic E-state index is 0.0111.